The van der Waals surface area contributed by atoms with Gasteiger partial charge in [-0.2, -0.15) is 0 Å². The smallest absolute Gasteiger partial charge is 0.465 e. The lowest BCUT2D eigenvalue weighted by molar-refractivity contribution is -0.274. The van der Waals surface area contributed by atoms with Crippen LogP contribution in [0.1, 0.15) is 10.4 Å². The third-order valence-electron chi connectivity index (χ3n) is 4.84. The third-order valence-corrected chi connectivity index (χ3v) is 4.84. The van der Waals surface area contributed by atoms with E-state index in [1.54, 1.807) is 0 Å². The lowest BCUT2D eigenvalue weighted by Gasteiger charge is -2.17. The van der Waals surface area contributed by atoms with Crippen LogP contribution in [0.25, 0.3) is 27.4 Å². The van der Waals surface area contributed by atoms with Crippen LogP contribution in [-0.2, 0) is 4.74 Å². The Kier molecular flexibility index (Phi) is 4.88. The van der Waals surface area contributed by atoms with Gasteiger partial charge in [0.15, 0.2) is 0 Å². The molecule has 0 atom stereocenters. The number of benzene rings is 2. The summed E-state index contributed by atoms with van der Waals surface area (Å²) in [6.45, 7) is 0. The molecule has 2 heterocycles. The van der Waals surface area contributed by atoms with Crippen LogP contribution in [0.4, 0.5) is 18.9 Å². The standard InChI is InChI=1S/C21H14F3N3O5/c1-31-20(30)16-17(25)13-6-5-10(32-21(22,23)24)9-15(13)27(19(16)29)14-4-2-3-12-11(14)7-8-26-18(12)28/h2-9H,25H2,1H3,(H,26,28). The SMILES string of the molecule is COC(=O)c1c(N)c2ccc(OC(F)(F)F)cc2n(-c2cccc3c(=O)[nH]ccc23)c1=O. The molecule has 0 spiro atoms. The number of nitrogens with one attached hydrogen (secondary N) is 1. The molecule has 2 aromatic carbocycles. The topological polar surface area (TPSA) is 116 Å². The predicted molar refractivity (Wildman–Crippen MR) is 110 cm³/mol. The zero-order valence-electron chi connectivity index (χ0n) is 16.3. The van der Waals surface area contributed by atoms with Crippen molar-refractivity contribution in [2.24, 2.45) is 0 Å². The highest BCUT2D eigenvalue weighted by Crippen LogP contribution is 2.32. The van der Waals surface area contributed by atoms with Crippen LogP contribution >= 0.6 is 0 Å². The molecule has 0 radical (unpaired) electrons. The largest absolute Gasteiger partial charge is 0.573 e. The third kappa shape index (κ3) is 3.43. The Hall–Kier alpha value is -4.28. The summed E-state index contributed by atoms with van der Waals surface area (Å²) in [7, 11) is 1.06. The van der Waals surface area contributed by atoms with Crippen molar-refractivity contribution in [2.45, 2.75) is 6.36 Å². The summed E-state index contributed by atoms with van der Waals surface area (Å²) in [4.78, 5) is 40.4. The van der Waals surface area contributed by atoms with Gasteiger partial charge in [0, 0.05) is 28.4 Å². The van der Waals surface area contributed by atoms with Crippen LogP contribution < -0.4 is 21.6 Å². The van der Waals surface area contributed by atoms with Gasteiger partial charge in [-0.15, -0.1) is 13.2 Å². The van der Waals surface area contributed by atoms with E-state index in [0.29, 0.717) is 5.39 Å². The number of halogens is 3. The Balaban J connectivity index is 2.19. The van der Waals surface area contributed by atoms with Crippen LogP contribution in [0, 0.1) is 0 Å². The number of hydrogen-bond acceptors (Lipinski definition) is 6. The van der Waals surface area contributed by atoms with Gasteiger partial charge in [-0.1, -0.05) is 6.07 Å². The molecule has 0 unspecified atom stereocenters. The Morgan fingerprint density at radius 1 is 1.06 bits per heavy atom. The fraction of sp³-hybridized carbons (Fsp3) is 0.0952. The number of esters is 1. The van der Waals surface area contributed by atoms with E-state index < -0.39 is 34.8 Å². The summed E-state index contributed by atoms with van der Waals surface area (Å²) in [5.74, 6) is -1.61. The van der Waals surface area contributed by atoms with E-state index in [9.17, 15) is 27.6 Å². The second-order valence-electron chi connectivity index (χ2n) is 6.69. The maximum Gasteiger partial charge on any atom is 0.573 e. The molecule has 0 saturated carbocycles. The summed E-state index contributed by atoms with van der Waals surface area (Å²) in [5, 5.41) is 0.660. The molecule has 8 nitrogen and oxygen atoms in total. The van der Waals surface area contributed by atoms with Crippen molar-refractivity contribution in [3.8, 4) is 11.4 Å². The highest BCUT2D eigenvalue weighted by molar-refractivity contribution is 6.05. The first-order chi connectivity index (χ1) is 15.1. The zero-order chi connectivity index (χ0) is 23.2. The molecule has 4 aromatic rings. The number of aromatic amines is 1. The van der Waals surface area contributed by atoms with Crippen LogP contribution in [0.2, 0.25) is 0 Å². The lowest BCUT2D eigenvalue weighted by Crippen LogP contribution is -2.28. The molecule has 0 amide bonds. The summed E-state index contributed by atoms with van der Waals surface area (Å²) >= 11 is 0. The minimum Gasteiger partial charge on any atom is -0.465 e. The van der Waals surface area contributed by atoms with Crippen molar-refractivity contribution in [3.05, 3.63) is 74.9 Å². The second-order valence-corrected chi connectivity index (χ2v) is 6.69. The molecular weight excluding hydrogens is 431 g/mol. The summed E-state index contributed by atoms with van der Waals surface area (Å²) < 4.78 is 48.0. The number of alkyl halides is 3. The van der Waals surface area contributed by atoms with Crippen molar-refractivity contribution in [2.75, 3.05) is 12.8 Å². The van der Waals surface area contributed by atoms with Crippen molar-refractivity contribution in [3.63, 3.8) is 0 Å². The molecule has 32 heavy (non-hydrogen) atoms. The number of carbonyl (C=O) groups is 1. The van der Waals surface area contributed by atoms with E-state index in [-0.39, 0.29) is 27.7 Å². The number of rotatable bonds is 3. The van der Waals surface area contributed by atoms with Crippen LogP contribution in [0.5, 0.6) is 5.75 Å². The Morgan fingerprint density at radius 3 is 2.50 bits per heavy atom. The minimum atomic E-state index is -4.97. The molecule has 2 aromatic heterocycles. The molecule has 11 heteroatoms. The number of ether oxygens (including phenoxy) is 2. The minimum absolute atomic E-state index is 0.0605. The maximum atomic E-state index is 13.4. The first-order valence-corrected chi connectivity index (χ1v) is 9.05. The van der Waals surface area contributed by atoms with E-state index in [4.69, 9.17) is 5.73 Å². The number of methoxy groups -OCH3 is 1. The fourth-order valence-electron chi connectivity index (χ4n) is 3.53. The molecule has 0 aliphatic heterocycles. The van der Waals surface area contributed by atoms with E-state index in [0.717, 1.165) is 23.8 Å². The predicted octanol–water partition coefficient (Wildman–Crippen LogP) is 3.10. The number of nitrogen functional groups attached to an aromatic ring is 1. The number of fused-ring (bicyclic) bond motifs is 2. The van der Waals surface area contributed by atoms with Gasteiger partial charge in [-0.3, -0.25) is 14.2 Å². The molecule has 3 N–H and O–H groups in total. The highest BCUT2D eigenvalue weighted by Gasteiger charge is 2.32. The fourth-order valence-corrected chi connectivity index (χ4v) is 3.53. The number of anilines is 1. The Morgan fingerprint density at radius 2 is 1.81 bits per heavy atom. The molecule has 0 bridgehead atoms. The van der Waals surface area contributed by atoms with Gasteiger partial charge in [-0.25, -0.2) is 4.79 Å². The van der Waals surface area contributed by atoms with E-state index in [1.165, 1.54) is 36.5 Å². The van der Waals surface area contributed by atoms with Crippen molar-refractivity contribution < 1.29 is 27.4 Å². The Bertz CT molecular complexity index is 1510. The van der Waals surface area contributed by atoms with Gasteiger partial charge in [0.05, 0.1) is 24.0 Å². The maximum absolute atomic E-state index is 13.4. The molecule has 0 aliphatic rings. The van der Waals surface area contributed by atoms with E-state index in [1.807, 2.05) is 0 Å². The molecule has 164 valence electrons. The number of nitrogens with zero attached hydrogens (tertiary/aromatic N) is 1. The number of H-pyrrole nitrogens is 1. The highest BCUT2D eigenvalue weighted by atomic mass is 19.4. The molecule has 0 saturated heterocycles. The summed E-state index contributed by atoms with van der Waals surface area (Å²) in [5.41, 5.74) is 3.99. The van der Waals surface area contributed by atoms with Gasteiger partial charge in [0.2, 0.25) is 0 Å². The summed E-state index contributed by atoms with van der Waals surface area (Å²) in [6.07, 6.45) is -3.61. The number of carbonyl (C=O) groups excluding carboxylic acids is 1. The second kappa shape index (κ2) is 7.45. The van der Waals surface area contributed by atoms with Crippen molar-refractivity contribution in [1.29, 1.82) is 0 Å². The zero-order valence-corrected chi connectivity index (χ0v) is 16.3. The van der Waals surface area contributed by atoms with Gasteiger partial charge < -0.3 is 20.2 Å². The number of nitrogens with two attached hydrogens (primary N) is 1. The van der Waals surface area contributed by atoms with Crippen molar-refractivity contribution in [1.82, 2.24) is 9.55 Å². The number of pyridine rings is 2. The quantitative estimate of drug-likeness (QED) is 0.468. The average molecular weight is 445 g/mol. The molecule has 4 rings (SSSR count). The van der Waals surface area contributed by atoms with Gasteiger partial charge in [0.1, 0.15) is 11.3 Å². The van der Waals surface area contributed by atoms with Crippen LogP contribution in [0.15, 0.2) is 58.3 Å². The van der Waals surface area contributed by atoms with Gasteiger partial charge >= 0.3 is 12.3 Å². The number of hydrogen-bond donors (Lipinski definition) is 2. The van der Waals surface area contributed by atoms with Gasteiger partial charge in [-0.05, 0) is 30.3 Å². The van der Waals surface area contributed by atoms with Gasteiger partial charge in [0.25, 0.3) is 11.1 Å². The monoisotopic (exact) mass is 445 g/mol. The lowest BCUT2D eigenvalue weighted by atomic mass is 10.1. The first kappa shape index (κ1) is 21.0. The average Bonchev–Trinajstić information content (AvgIpc) is 2.73. The molecule has 0 fully saturated rings. The van der Waals surface area contributed by atoms with E-state index >= 15 is 0 Å². The Labute approximate surface area is 176 Å². The number of aromatic nitrogens is 2. The molecular formula is C21H14F3N3O5. The van der Waals surface area contributed by atoms with Crippen molar-refractivity contribution >= 4 is 33.3 Å². The van der Waals surface area contributed by atoms with Crippen LogP contribution in [0.3, 0.4) is 0 Å². The van der Waals surface area contributed by atoms with E-state index in [2.05, 4.69) is 14.5 Å². The summed E-state index contributed by atoms with van der Waals surface area (Å²) in [6, 6.07) is 9.21. The molecule has 0 aliphatic carbocycles. The normalized spacial score (nSPS) is 11.6. The first-order valence-electron chi connectivity index (χ1n) is 9.05. The van der Waals surface area contributed by atoms with Crippen LogP contribution in [-0.4, -0.2) is 29.0 Å².